The van der Waals surface area contributed by atoms with Crippen molar-refractivity contribution in [2.75, 3.05) is 31.1 Å². The number of amides is 1. The van der Waals surface area contributed by atoms with Gasteiger partial charge in [0.1, 0.15) is 18.0 Å². The highest BCUT2D eigenvalue weighted by atomic mass is 19.4. The van der Waals surface area contributed by atoms with Crippen molar-refractivity contribution in [2.24, 2.45) is 0 Å². The fourth-order valence-corrected chi connectivity index (χ4v) is 2.74. The van der Waals surface area contributed by atoms with Crippen LogP contribution in [0, 0.1) is 0 Å². The summed E-state index contributed by atoms with van der Waals surface area (Å²) in [7, 11) is 0. The maximum Gasteiger partial charge on any atom is 0.419 e. The molecule has 1 atom stereocenters. The Morgan fingerprint density at radius 1 is 1.43 bits per heavy atom. The molecule has 0 aromatic carbocycles. The van der Waals surface area contributed by atoms with Crippen LogP contribution in [0.15, 0.2) is 18.3 Å². The molecule has 2 saturated heterocycles. The molecule has 1 N–H and O–H groups in total. The molecule has 2 aliphatic heterocycles. The third-order valence-electron chi connectivity index (χ3n) is 3.83. The van der Waals surface area contributed by atoms with Crippen molar-refractivity contribution in [3.63, 3.8) is 0 Å². The van der Waals surface area contributed by atoms with E-state index in [2.05, 4.69) is 10.3 Å². The van der Waals surface area contributed by atoms with E-state index in [1.165, 1.54) is 12.3 Å². The maximum absolute atomic E-state index is 13.0. The topological polar surface area (TPSA) is 54.5 Å². The summed E-state index contributed by atoms with van der Waals surface area (Å²) in [5.41, 5.74) is -1.37. The molecule has 1 amide bonds. The molecule has 3 heterocycles. The summed E-state index contributed by atoms with van der Waals surface area (Å²) in [6, 6.07) is 2.30. The van der Waals surface area contributed by atoms with Crippen LogP contribution in [-0.4, -0.2) is 42.7 Å². The minimum Gasteiger partial charge on any atom is -0.361 e. The maximum atomic E-state index is 13.0. The first kappa shape index (κ1) is 14.1. The van der Waals surface area contributed by atoms with E-state index in [4.69, 9.17) is 4.74 Å². The number of aromatic nitrogens is 1. The molecule has 3 rings (SSSR count). The number of anilines is 1. The van der Waals surface area contributed by atoms with Crippen LogP contribution in [0.2, 0.25) is 0 Å². The zero-order valence-electron chi connectivity index (χ0n) is 11.1. The lowest BCUT2D eigenvalue weighted by atomic mass is 10.0. The number of pyridine rings is 1. The van der Waals surface area contributed by atoms with Gasteiger partial charge in [-0.15, -0.1) is 0 Å². The van der Waals surface area contributed by atoms with E-state index in [0.717, 1.165) is 6.07 Å². The van der Waals surface area contributed by atoms with Gasteiger partial charge in [-0.2, -0.15) is 13.2 Å². The molecule has 2 fully saturated rings. The highest BCUT2D eigenvalue weighted by Crippen LogP contribution is 2.38. The number of carbonyl (C=O) groups is 1. The van der Waals surface area contributed by atoms with Crippen molar-refractivity contribution in [1.82, 2.24) is 10.3 Å². The average molecular weight is 301 g/mol. The van der Waals surface area contributed by atoms with Gasteiger partial charge in [-0.1, -0.05) is 0 Å². The van der Waals surface area contributed by atoms with Crippen LogP contribution in [0.25, 0.3) is 0 Å². The summed E-state index contributed by atoms with van der Waals surface area (Å²) in [6.07, 6.45) is -2.54. The fourth-order valence-electron chi connectivity index (χ4n) is 2.74. The Bertz CT molecular complexity index is 552. The molecule has 1 aromatic rings. The average Bonchev–Trinajstić information content (AvgIpc) is 2.86. The standard InChI is InChI=1S/C13H14F3N3O2/c14-13(15,16)9-2-1-4-17-11(9)19-5-3-12(8-19)7-18-10(20)6-21-12/h1-2,4H,3,5-8H2,(H,18,20). The minimum atomic E-state index is -4.44. The van der Waals surface area contributed by atoms with Gasteiger partial charge in [0.05, 0.1) is 12.1 Å². The van der Waals surface area contributed by atoms with E-state index in [-0.39, 0.29) is 24.9 Å². The first-order valence-corrected chi connectivity index (χ1v) is 6.57. The van der Waals surface area contributed by atoms with Crippen LogP contribution < -0.4 is 10.2 Å². The second kappa shape index (κ2) is 4.87. The Labute approximate surface area is 119 Å². The van der Waals surface area contributed by atoms with Crippen LogP contribution in [0.1, 0.15) is 12.0 Å². The third-order valence-corrected chi connectivity index (χ3v) is 3.83. The van der Waals surface area contributed by atoms with Gasteiger partial charge < -0.3 is 15.0 Å². The Balaban J connectivity index is 1.82. The molecule has 21 heavy (non-hydrogen) atoms. The number of carbonyl (C=O) groups excluding carboxylic acids is 1. The lowest BCUT2D eigenvalue weighted by Gasteiger charge is -2.33. The summed E-state index contributed by atoms with van der Waals surface area (Å²) >= 11 is 0. The molecule has 5 nitrogen and oxygen atoms in total. The number of nitrogens with zero attached hydrogens (tertiary/aromatic N) is 2. The first-order valence-electron chi connectivity index (χ1n) is 6.57. The number of rotatable bonds is 1. The Kier molecular flexibility index (Phi) is 3.27. The lowest BCUT2D eigenvalue weighted by molar-refractivity contribution is -0.141. The predicted molar refractivity (Wildman–Crippen MR) is 67.8 cm³/mol. The second-order valence-corrected chi connectivity index (χ2v) is 5.29. The molecule has 114 valence electrons. The third kappa shape index (κ3) is 2.67. The van der Waals surface area contributed by atoms with E-state index in [0.29, 0.717) is 19.5 Å². The predicted octanol–water partition coefficient (Wildman–Crippen LogP) is 1.20. The van der Waals surface area contributed by atoms with Crippen LogP contribution in [0.5, 0.6) is 0 Å². The molecule has 0 radical (unpaired) electrons. The SMILES string of the molecule is O=C1COC2(CCN(c3ncccc3C(F)(F)F)C2)CN1. The largest absolute Gasteiger partial charge is 0.419 e. The van der Waals surface area contributed by atoms with Crippen molar-refractivity contribution >= 4 is 11.7 Å². The van der Waals surface area contributed by atoms with E-state index in [1.54, 1.807) is 4.90 Å². The number of hydrogen-bond donors (Lipinski definition) is 1. The van der Waals surface area contributed by atoms with Crippen molar-refractivity contribution < 1.29 is 22.7 Å². The molecule has 0 bridgehead atoms. The van der Waals surface area contributed by atoms with Crippen molar-refractivity contribution in [3.05, 3.63) is 23.9 Å². The summed E-state index contributed by atoms with van der Waals surface area (Å²) in [6.45, 7) is 0.960. The van der Waals surface area contributed by atoms with Gasteiger partial charge in [0.25, 0.3) is 0 Å². The number of ether oxygens (including phenoxy) is 1. The van der Waals surface area contributed by atoms with Crippen molar-refractivity contribution in [3.8, 4) is 0 Å². The van der Waals surface area contributed by atoms with Gasteiger partial charge in [-0.25, -0.2) is 4.98 Å². The van der Waals surface area contributed by atoms with Gasteiger partial charge in [-0.05, 0) is 18.6 Å². The van der Waals surface area contributed by atoms with Gasteiger partial charge in [-0.3, -0.25) is 4.79 Å². The number of morpholine rings is 1. The molecule has 8 heteroatoms. The molecule has 2 aliphatic rings. The number of nitrogens with one attached hydrogen (secondary N) is 1. The van der Waals surface area contributed by atoms with Gasteiger partial charge in [0.2, 0.25) is 5.91 Å². The number of hydrogen-bond acceptors (Lipinski definition) is 4. The summed E-state index contributed by atoms with van der Waals surface area (Å²) in [5, 5.41) is 2.70. The quantitative estimate of drug-likeness (QED) is 0.847. The van der Waals surface area contributed by atoms with Crippen LogP contribution >= 0.6 is 0 Å². The molecule has 0 saturated carbocycles. The van der Waals surface area contributed by atoms with Crippen LogP contribution in [0.4, 0.5) is 19.0 Å². The molecule has 1 unspecified atom stereocenters. The highest BCUT2D eigenvalue weighted by Gasteiger charge is 2.45. The zero-order chi connectivity index (χ0) is 15.1. The Morgan fingerprint density at radius 3 is 2.90 bits per heavy atom. The van der Waals surface area contributed by atoms with E-state index < -0.39 is 17.3 Å². The fraction of sp³-hybridized carbons (Fsp3) is 0.538. The van der Waals surface area contributed by atoms with Crippen LogP contribution in [-0.2, 0) is 15.7 Å². The first-order chi connectivity index (χ1) is 9.90. The second-order valence-electron chi connectivity index (χ2n) is 5.29. The monoisotopic (exact) mass is 301 g/mol. The summed E-state index contributed by atoms with van der Waals surface area (Å²) in [4.78, 5) is 16.6. The zero-order valence-corrected chi connectivity index (χ0v) is 11.1. The summed E-state index contributed by atoms with van der Waals surface area (Å²) < 4.78 is 44.6. The molecular weight excluding hydrogens is 287 g/mol. The van der Waals surface area contributed by atoms with Gasteiger partial charge >= 0.3 is 6.18 Å². The number of halogens is 3. The highest BCUT2D eigenvalue weighted by molar-refractivity contribution is 5.78. The minimum absolute atomic E-state index is 0.0534. The lowest BCUT2D eigenvalue weighted by Crippen LogP contribution is -2.54. The van der Waals surface area contributed by atoms with E-state index in [9.17, 15) is 18.0 Å². The van der Waals surface area contributed by atoms with Gasteiger partial charge in [0.15, 0.2) is 0 Å². The van der Waals surface area contributed by atoms with Crippen molar-refractivity contribution in [2.45, 2.75) is 18.2 Å². The van der Waals surface area contributed by atoms with E-state index in [1.807, 2.05) is 0 Å². The Morgan fingerprint density at radius 2 is 2.24 bits per heavy atom. The smallest absolute Gasteiger partial charge is 0.361 e. The van der Waals surface area contributed by atoms with Crippen LogP contribution in [0.3, 0.4) is 0 Å². The molecule has 1 spiro atoms. The normalized spacial score (nSPS) is 26.2. The number of alkyl halides is 3. The molecule has 0 aliphatic carbocycles. The summed E-state index contributed by atoms with van der Waals surface area (Å²) in [5.74, 6) is -0.282. The molecule has 1 aromatic heterocycles. The van der Waals surface area contributed by atoms with Crippen molar-refractivity contribution in [1.29, 1.82) is 0 Å². The molecular formula is C13H14F3N3O2. The Hall–Kier alpha value is -1.83. The van der Waals surface area contributed by atoms with Gasteiger partial charge in [0, 0.05) is 19.3 Å². The van der Waals surface area contributed by atoms with E-state index >= 15 is 0 Å².